The molecule has 0 aromatic heterocycles. The molecule has 2 saturated carbocycles. The van der Waals surface area contributed by atoms with Gasteiger partial charge in [0.25, 0.3) is 0 Å². The smallest absolute Gasteiger partial charge is 0.0324 e. The predicted octanol–water partition coefficient (Wildman–Crippen LogP) is 7.04. The molecule has 0 aromatic rings. The second kappa shape index (κ2) is 7.71. The van der Waals surface area contributed by atoms with Crippen LogP contribution in [0.15, 0.2) is 0 Å². The third-order valence-corrected chi connectivity index (χ3v) is 7.96. The normalized spacial score (nSPS) is 42.1. The number of fused-ring (bicyclic) bond motifs is 1. The maximum atomic E-state index is 2.58. The van der Waals surface area contributed by atoms with Gasteiger partial charge in [-0.2, -0.15) is 0 Å². The van der Waals surface area contributed by atoms with Crippen molar-refractivity contribution in [1.29, 1.82) is 0 Å². The van der Waals surface area contributed by atoms with Crippen LogP contribution in [0.5, 0.6) is 0 Å². The molecule has 0 N–H and O–H groups in total. The second-order valence-electron chi connectivity index (χ2n) is 9.27. The summed E-state index contributed by atoms with van der Waals surface area (Å²) in [6.45, 7) is 17.5. The molecule has 9 atom stereocenters. The first kappa shape index (κ1) is 18.3. The van der Waals surface area contributed by atoms with E-state index < -0.39 is 0 Å². The Hall–Kier alpha value is 0. The highest BCUT2D eigenvalue weighted by Gasteiger charge is 2.52. The molecule has 0 aromatic carbocycles. The monoisotopic (exact) mass is 306 g/mol. The van der Waals surface area contributed by atoms with Crippen LogP contribution in [-0.2, 0) is 0 Å². The zero-order valence-corrected chi connectivity index (χ0v) is 16.4. The van der Waals surface area contributed by atoms with Gasteiger partial charge in [0.15, 0.2) is 0 Å². The average molecular weight is 307 g/mol. The molecular formula is C22H42. The van der Waals surface area contributed by atoms with Crippen molar-refractivity contribution in [2.45, 2.75) is 87.0 Å². The Balaban J connectivity index is 2.19. The maximum absolute atomic E-state index is 2.58. The molecule has 0 amide bonds. The van der Waals surface area contributed by atoms with E-state index in [1.165, 1.54) is 38.5 Å². The molecule has 22 heavy (non-hydrogen) atoms. The van der Waals surface area contributed by atoms with Gasteiger partial charge in [0, 0.05) is 0 Å². The molecule has 0 spiro atoms. The highest BCUT2D eigenvalue weighted by molar-refractivity contribution is 5.01. The van der Waals surface area contributed by atoms with Crippen molar-refractivity contribution >= 4 is 0 Å². The van der Waals surface area contributed by atoms with Crippen LogP contribution in [-0.4, -0.2) is 0 Å². The minimum absolute atomic E-state index is 0.894. The summed E-state index contributed by atoms with van der Waals surface area (Å²) in [5.74, 6) is 8.82. The summed E-state index contributed by atoms with van der Waals surface area (Å²) in [5.41, 5.74) is 0. The fourth-order valence-electron chi connectivity index (χ4n) is 6.61. The van der Waals surface area contributed by atoms with Crippen molar-refractivity contribution < 1.29 is 0 Å². The Morgan fingerprint density at radius 2 is 1.45 bits per heavy atom. The lowest BCUT2D eigenvalue weighted by molar-refractivity contribution is 0.114. The van der Waals surface area contributed by atoms with E-state index in [0.717, 1.165) is 53.3 Å². The van der Waals surface area contributed by atoms with Crippen molar-refractivity contribution in [2.75, 3.05) is 0 Å². The molecule has 2 rings (SSSR count). The summed E-state index contributed by atoms with van der Waals surface area (Å²) in [6.07, 6.45) is 8.67. The van der Waals surface area contributed by atoms with E-state index in [1.54, 1.807) is 0 Å². The van der Waals surface area contributed by atoms with E-state index in [1.807, 2.05) is 0 Å². The Morgan fingerprint density at radius 1 is 0.864 bits per heavy atom. The lowest BCUT2D eigenvalue weighted by Gasteiger charge is -2.37. The predicted molar refractivity (Wildman–Crippen MR) is 98.8 cm³/mol. The Labute approximate surface area is 140 Å². The zero-order valence-electron chi connectivity index (χ0n) is 16.4. The van der Waals surface area contributed by atoms with Crippen LogP contribution in [0.4, 0.5) is 0 Å². The van der Waals surface area contributed by atoms with Gasteiger partial charge in [0.05, 0.1) is 0 Å². The van der Waals surface area contributed by atoms with Gasteiger partial charge in [-0.25, -0.2) is 0 Å². The topological polar surface area (TPSA) is 0 Å². The summed E-state index contributed by atoms with van der Waals surface area (Å²) in [6, 6.07) is 0. The third-order valence-electron chi connectivity index (χ3n) is 7.96. The quantitative estimate of drug-likeness (QED) is 0.473. The summed E-state index contributed by atoms with van der Waals surface area (Å²) < 4.78 is 0. The van der Waals surface area contributed by atoms with Crippen LogP contribution in [0.25, 0.3) is 0 Å². The van der Waals surface area contributed by atoms with Crippen LogP contribution in [0.1, 0.15) is 87.0 Å². The highest BCUT2D eigenvalue weighted by atomic mass is 14.6. The summed E-state index contributed by atoms with van der Waals surface area (Å²) in [4.78, 5) is 0. The maximum Gasteiger partial charge on any atom is -0.0324 e. The molecule has 9 unspecified atom stereocenters. The minimum Gasteiger partial charge on any atom is -0.0654 e. The molecule has 2 aliphatic carbocycles. The van der Waals surface area contributed by atoms with Crippen LogP contribution in [0, 0.1) is 53.3 Å². The van der Waals surface area contributed by atoms with Crippen molar-refractivity contribution in [2.24, 2.45) is 53.3 Å². The molecule has 0 radical (unpaired) electrons. The Kier molecular flexibility index (Phi) is 6.43. The lowest BCUT2D eigenvalue weighted by atomic mass is 9.68. The number of hydrogen-bond donors (Lipinski definition) is 0. The van der Waals surface area contributed by atoms with Gasteiger partial charge in [0.1, 0.15) is 0 Å². The highest BCUT2D eigenvalue weighted by Crippen LogP contribution is 2.59. The Morgan fingerprint density at radius 3 is 2.05 bits per heavy atom. The van der Waals surface area contributed by atoms with E-state index >= 15 is 0 Å². The summed E-state index contributed by atoms with van der Waals surface area (Å²) in [5, 5.41) is 0. The third kappa shape index (κ3) is 3.41. The van der Waals surface area contributed by atoms with E-state index in [0.29, 0.717) is 0 Å². The molecule has 130 valence electrons. The van der Waals surface area contributed by atoms with E-state index in [-0.39, 0.29) is 0 Å². The molecule has 2 aliphatic rings. The van der Waals surface area contributed by atoms with Crippen molar-refractivity contribution in [3.05, 3.63) is 0 Å². The van der Waals surface area contributed by atoms with Crippen LogP contribution < -0.4 is 0 Å². The van der Waals surface area contributed by atoms with Gasteiger partial charge >= 0.3 is 0 Å². The van der Waals surface area contributed by atoms with Gasteiger partial charge in [0.2, 0.25) is 0 Å². The molecule has 2 fully saturated rings. The van der Waals surface area contributed by atoms with Crippen molar-refractivity contribution in [3.63, 3.8) is 0 Å². The summed E-state index contributed by atoms with van der Waals surface area (Å²) in [7, 11) is 0. The largest absolute Gasteiger partial charge is 0.0654 e. The van der Waals surface area contributed by atoms with Crippen molar-refractivity contribution in [1.82, 2.24) is 0 Å². The van der Waals surface area contributed by atoms with E-state index in [2.05, 4.69) is 48.5 Å². The second-order valence-corrected chi connectivity index (χ2v) is 9.27. The van der Waals surface area contributed by atoms with Crippen LogP contribution in [0.3, 0.4) is 0 Å². The lowest BCUT2D eigenvalue weighted by Crippen LogP contribution is -2.31. The van der Waals surface area contributed by atoms with Crippen LogP contribution in [0.2, 0.25) is 0 Å². The first-order valence-electron chi connectivity index (χ1n) is 10.4. The van der Waals surface area contributed by atoms with E-state index in [4.69, 9.17) is 0 Å². The number of unbranched alkanes of at least 4 members (excludes halogenated alkanes) is 1. The fourth-order valence-corrected chi connectivity index (χ4v) is 6.61. The molecule has 0 bridgehead atoms. The summed E-state index contributed by atoms with van der Waals surface area (Å²) >= 11 is 0. The molecule has 0 nitrogen and oxygen atoms in total. The average Bonchev–Trinajstić information content (AvgIpc) is 2.98. The molecule has 0 saturated heterocycles. The van der Waals surface area contributed by atoms with Gasteiger partial charge in [-0.1, -0.05) is 67.7 Å². The molecule has 0 heteroatoms. The van der Waals surface area contributed by atoms with Crippen LogP contribution >= 0.6 is 0 Å². The standard InChI is InChI=1S/C22H42/c1-8-10-11-19(18(7)14(3)9-2)20-13-17(6)21-15(4)12-16(5)22(20)21/h14-22H,8-13H2,1-7H3. The first-order chi connectivity index (χ1) is 10.4. The van der Waals surface area contributed by atoms with Gasteiger partial charge in [-0.3, -0.25) is 0 Å². The molecular weight excluding hydrogens is 264 g/mol. The SMILES string of the molecule is CCCCC(C(C)C(C)CC)C1CC(C)C2C(C)CC(C)C12. The zero-order chi connectivity index (χ0) is 16.4. The van der Waals surface area contributed by atoms with Crippen molar-refractivity contribution in [3.8, 4) is 0 Å². The fraction of sp³-hybridized carbons (Fsp3) is 1.00. The van der Waals surface area contributed by atoms with Gasteiger partial charge in [-0.15, -0.1) is 0 Å². The van der Waals surface area contributed by atoms with Gasteiger partial charge < -0.3 is 0 Å². The molecule has 0 heterocycles. The Bertz CT molecular complexity index is 333. The van der Waals surface area contributed by atoms with Gasteiger partial charge in [-0.05, 0) is 72.5 Å². The first-order valence-corrected chi connectivity index (χ1v) is 10.4. The van der Waals surface area contributed by atoms with E-state index in [9.17, 15) is 0 Å². The number of hydrogen-bond acceptors (Lipinski definition) is 0. The molecule has 0 aliphatic heterocycles. The number of rotatable bonds is 7. The minimum atomic E-state index is 0.894.